The number of rotatable bonds is 4. The van der Waals surface area contributed by atoms with Gasteiger partial charge >= 0.3 is 0 Å². The van der Waals surface area contributed by atoms with E-state index >= 15 is 0 Å². The van der Waals surface area contributed by atoms with Gasteiger partial charge in [0.1, 0.15) is 17.5 Å². The first kappa shape index (κ1) is 20.9. The van der Waals surface area contributed by atoms with Crippen LogP contribution in [-0.2, 0) is 0 Å². The quantitative estimate of drug-likeness (QED) is 0.574. The van der Waals surface area contributed by atoms with Gasteiger partial charge in [-0.25, -0.2) is 14.4 Å². The molecule has 2 aliphatic rings. The Bertz CT molecular complexity index is 1090. The molecule has 2 fully saturated rings. The summed E-state index contributed by atoms with van der Waals surface area (Å²) in [5, 5.41) is 0.671. The van der Waals surface area contributed by atoms with Gasteiger partial charge < -0.3 is 14.7 Å². The fourth-order valence-corrected chi connectivity index (χ4v) is 4.74. The second-order valence-electron chi connectivity index (χ2n) is 8.41. The molecule has 32 heavy (non-hydrogen) atoms. The van der Waals surface area contributed by atoms with E-state index < -0.39 is 0 Å². The normalized spacial score (nSPS) is 19.0. The van der Waals surface area contributed by atoms with Crippen molar-refractivity contribution in [3.8, 4) is 11.3 Å². The van der Waals surface area contributed by atoms with Gasteiger partial charge in [0.2, 0.25) is 5.95 Å². The zero-order chi connectivity index (χ0) is 22.1. The minimum atomic E-state index is -0.249. The standard InChI is InChI=1S/C24H26ClFN6/c1-17-16-31(23-20(25)5-4-10-27-23)13-14-32(17)22-15-21(18-6-8-19(26)9-7-18)28-24(29-22)30-11-2-3-12-30/h4-10,15,17H,2-3,11-14,16H2,1H3/t17-/m1/s1. The monoisotopic (exact) mass is 452 g/mol. The Morgan fingerprint density at radius 1 is 0.969 bits per heavy atom. The fourth-order valence-electron chi connectivity index (χ4n) is 4.50. The van der Waals surface area contributed by atoms with Crippen LogP contribution >= 0.6 is 11.6 Å². The van der Waals surface area contributed by atoms with Crippen molar-refractivity contribution in [1.29, 1.82) is 0 Å². The van der Waals surface area contributed by atoms with E-state index in [2.05, 4.69) is 26.6 Å². The molecular formula is C24H26ClFN6. The predicted octanol–water partition coefficient (Wildman–Crippen LogP) is 4.65. The molecule has 0 spiro atoms. The number of piperazine rings is 1. The van der Waals surface area contributed by atoms with E-state index in [4.69, 9.17) is 21.6 Å². The lowest BCUT2D eigenvalue weighted by Gasteiger charge is -2.41. The molecule has 1 aromatic carbocycles. The Labute approximate surface area is 192 Å². The van der Waals surface area contributed by atoms with Crippen LogP contribution in [0, 0.1) is 5.82 Å². The van der Waals surface area contributed by atoms with Crippen molar-refractivity contribution in [2.75, 3.05) is 47.4 Å². The molecule has 0 unspecified atom stereocenters. The molecule has 3 aromatic rings. The van der Waals surface area contributed by atoms with Crippen molar-refractivity contribution >= 4 is 29.2 Å². The lowest BCUT2D eigenvalue weighted by atomic mass is 10.1. The minimum Gasteiger partial charge on any atom is -0.352 e. The zero-order valence-electron chi connectivity index (χ0n) is 18.1. The number of pyridine rings is 1. The molecular weight excluding hydrogens is 427 g/mol. The van der Waals surface area contributed by atoms with Crippen molar-refractivity contribution < 1.29 is 4.39 Å². The summed E-state index contributed by atoms with van der Waals surface area (Å²) in [5.74, 6) is 2.23. The summed E-state index contributed by atoms with van der Waals surface area (Å²) < 4.78 is 13.5. The average molecular weight is 453 g/mol. The number of nitrogens with zero attached hydrogens (tertiary/aromatic N) is 6. The first-order valence-corrected chi connectivity index (χ1v) is 11.5. The Kier molecular flexibility index (Phi) is 5.83. The van der Waals surface area contributed by atoms with Gasteiger partial charge in [0.05, 0.1) is 10.7 Å². The third kappa shape index (κ3) is 4.21. The van der Waals surface area contributed by atoms with Gasteiger partial charge in [0.25, 0.3) is 0 Å². The van der Waals surface area contributed by atoms with Crippen LogP contribution in [0.25, 0.3) is 11.3 Å². The molecule has 4 heterocycles. The van der Waals surface area contributed by atoms with Gasteiger partial charge in [-0.2, -0.15) is 4.98 Å². The Balaban J connectivity index is 1.45. The van der Waals surface area contributed by atoms with E-state index in [1.165, 1.54) is 12.1 Å². The number of benzene rings is 1. The van der Waals surface area contributed by atoms with Crippen LogP contribution in [0.1, 0.15) is 19.8 Å². The molecule has 166 valence electrons. The molecule has 0 amide bonds. The molecule has 0 bridgehead atoms. The topological polar surface area (TPSA) is 48.4 Å². The number of hydrogen-bond donors (Lipinski definition) is 0. The van der Waals surface area contributed by atoms with Crippen molar-refractivity contribution in [1.82, 2.24) is 15.0 Å². The lowest BCUT2D eigenvalue weighted by molar-refractivity contribution is 0.542. The van der Waals surface area contributed by atoms with Crippen LogP contribution < -0.4 is 14.7 Å². The molecule has 2 aliphatic heterocycles. The van der Waals surface area contributed by atoms with Gasteiger partial charge in [-0.1, -0.05) is 11.6 Å². The number of aromatic nitrogens is 3. The van der Waals surface area contributed by atoms with Crippen LogP contribution in [0.4, 0.5) is 22.0 Å². The summed E-state index contributed by atoms with van der Waals surface area (Å²) in [7, 11) is 0. The van der Waals surface area contributed by atoms with Crippen molar-refractivity contribution in [2.45, 2.75) is 25.8 Å². The summed E-state index contributed by atoms with van der Waals surface area (Å²) in [6, 6.07) is 12.5. The maximum atomic E-state index is 13.5. The highest BCUT2D eigenvalue weighted by Gasteiger charge is 2.28. The van der Waals surface area contributed by atoms with E-state index in [0.29, 0.717) is 5.02 Å². The third-order valence-corrected chi connectivity index (χ3v) is 6.49. The SMILES string of the molecule is C[C@@H]1CN(c2ncccc2Cl)CCN1c1cc(-c2ccc(F)cc2)nc(N2CCCC2)n1. The largest absolute Gasteiger partial charge is 0.352 e. The molecule has 2 aromatic heterocycles. The molecule has 0 saturated carbocycles. The van der Waals surface area contributed by atoms with Crippen molar-refractivity contribution in [3.63, 3.8) is 0 Å². The summed E-state index contributed by atoms with van der Waals surface area (Å²) in [6.45, 7) is 6.52. The molecule has 2 saturated heterocycles. The minimum absolute atomic E-state index is 0.212. The van der Waals surface area contributed by atoms with Gasteiger partial charge in [-0.3, -0.25) is 0 Å². The smallest absolute Gasteiger partial charge is 0.227 e. The maximum Gasteiger partial charge on any atom is 0.227 e. The maximum absolute atomic E-state index is 13.5. The second-order valence-corrected chi connectivity index (χ2v) is 8.82. The molecule has 5 rings (SSSR count). The fraction of sp³-hybridized carbons (Fsp3) is 0.375. The van der Waals surface area contributed by atoms with E-state index in [0.717, 1.165) is 74.4 Å². The number of anilines is 3. The van der Waals surface area contributed by atoms with Gasteiger partial charge in [-0.05, 0) is 56.2 Å². The number of hydrogen-bond acceptors (Lipinski definition) is 6. The van der Waals surface area contributed by atoms with E-state index in [9.17, 15) is 4.39 Å². The zero-order valence-corrected chi connectivity index (χ0v) is 18.8. The molecule has 0 aliphatic carbocycles. The summed E-state index contributed by atoms with van der Waals surface area (Å²) in [4.78, 5) is 21.1. The van der Waals surface area contributed by atoms with E-state index in [1.54, 1.807) is 18.3 Å². The Morgan fingerprint density at radius 2 is 1.75 bits per heavy atom. The Morgan fingerprint density at radius 3 is 2.47 bits per heavy atom. The van der Waals surface area contributed by atoms with Crippen molar-refractivity contribution in [3.05, 3.63) is 59.5 Å². The highest BCUT2D eigenvalue weighted by Crippen LogP contribution is 2.30. The van der Waals surface area contributed by atoms with E-state index in [1.807, 2.05) is 18.2 Å². The van der Waals surface area contributed by atoms with Crippen LogP contribution in [0.5, 0.6) is 0 Å². The summed E-state index contributed by atoms with van der Waals surface area (Å²) in [6.07, 6.45) is 4.08. The molecule has 0 N–H and O–H groups in total. The molecule has 1 atom stereocenters. The summed E-state index contributed by atoms with van der Waals surface area (Å²) >= 11 is 6.38. The molecule has 6 nitrogen and oxygen atoms in total. The predicted molar refractivity (Wildman–Crippen MR) is 127 cm³/mol. The average Bonchev–Trinajstić information content (AvgIpc) is 3.35. The van der Waals surface area contributed by atoms with E-state index in [-0.39, 0.29) is 11.9 Å². The molecule has 8 heteroatoms. The Hall–Kier alpha value is -2.93. The van der Waals surface area contributed by atoms with Gasteiger partial charge in [0, 0.05) is 56.6 Å². The summed E-state index contributed by atoms with van der Waals surface area (Å²) in [5.41, 5.74) is 1.71. The van der Waals surface area contributed by atoms with Crippen LogP contribution in [0.15, 0.2) is 48.7 Å². The first-order chi connectivity index (χ1) is 15.6. The molecule has 0 radical (unpaired) electrons. The number of halogens is 2. The van der Waals surface area contributed by atoms with Crippen molar-refractivity contribution in [2.24, 2.45) is 0 Å². The lowest BCUT2D eigenvalue weighted by Crippen LogP contribution is -2.52. The first-order valence-electron chi connectivity index (χ1n) is 11.1. The highest BCUT2D eigenvalue weighted by molar-refractivity contribution is 6.32. The highest BCUT2D eigenvalue weighted by atomic mass is 35.5. The van der Waals surface area contributed by atoms with Crippen LogP contribution in [0.2, 0.25) is 5.02 Å². The van der Waals surface area contributed by atoms with Gasteiger partial charge in [0.15, 0.2) is 0 Å². The van der Waals surface area contributed by atoms with Crippen LogP contribution in [0.3, 0.4) is 0 Å². The van der Waals surface area contributed by atoms with Crippen LogP contribution in [-0.4, -0.2) is 53.7 Å². The third-order valence-electron chi connectivity index (χ3n) is 6.19. The van der Waals surface area contributed by atoms with Gasteiger partial charge in [-0.15, -0.1) is 0 Å². The second kappa shape index (κ2) is 8.90.